The van der Waals surface area contributed by atoms with E-state index >= 15 is 0 Å². The van der Waals surface area contributed by atoms with Gasteiger partial charge in [0.2, 0.25) is 5.91 Å². The maximum Gasteiger partial charge on any atom is 0.234 e. The predicted molar refractivity (Wildman–Crippen MR) is 61.4 cm³/mol. The average molecular weight is 216 g/mol. The summed E-state index contributed by atoms with van der Waals surface area (Å²) in [5.74, 6) is -0.201. The van der Waals surface area contributed by atoms with E-state index in [1.807, 2.05) is 18.7 Å². The quantitative estimate of drug-likeness (QED) is 0.768. The highest BCUT2D eigenvalue weighted by molar-refractivity contribution is 7.99. The summed E-state index contributed by atoms with van der Waals surface area (Å²) in [5, 5.41) is 0.764. The maximum absolute atomic E-state index is 11.0. The van der Waals surface area contributed by atoms with Crippen molar-refractivity contribution in [2.45, 2.75) is 37.5 Å². The molecule has 0 spiro atoms. The SMILES string of the molecule is CSC1CCCN(C(C)C(N)=O)CC1. The van der Waals surface area contributed by atoms with Gasteiger partial charge in [-0.05, 0) is 45.5 Å². The molecule has 2 unspecified atom stereocenters. The Morgan fingerprint density at radius 2 is 2.21 bits per heavy atom. The molecule has 0 aromatic carbocycles. The molecule has 0 radical (unpaired) electrons. The summed E-state index contributed by atoms with van der Waals surface area (Å²) in [6.07, 6.45) is 5.79. The minimum absolute atomic E-state index is 0.101. The molecule has 3 nitrogen and oxygen atoms in total. The van der Waals surface area contributed by atoms with E-state index in [1.54, 1.807) is 0 Å². The van der Waals surface area contributed by atoms with Crippen molar-refractivity contribution in [3.8, 4) is 0 Å². The first-order chi connectivity index (χ1) is 6.65. The molecule has 2 N–H and O–H groups in total. The lowest BCUT2D eigenvalue weighted by atomic mass is 10.2. The van der Waals surface area contributed by atoms with E-state index in [2.05, 4.69) is 11.2 Å². The lowest BCUT2D eigenvalue weighted by Gasteiger charge is -2.24. The van der Waals surface area contributed by atoms with Crippen LogP contribution >= 0.6 is 11.8 Å². The van der Waals surface area contributed by atoms with Crippen LogP contribution < -0.4 is 5.73 Å². The first-order valence-corrected chi connectivity index (χ1v) is 6.50. The van der Waals surface area contributed by atoms with Gasteiger partial charge < -0.3 is 5.73 Å². The Morgan fingerprint density at radius 1 is 1.50 bits per heavy atom. The molecular formula is C10H20N2OS. The van der Waals surface area contributed by atoms with Gasteiger partial charge in [-0.2, -0.15) is 11.8 Å². The fraction of sp³-hybridized carbons (Fsp3) is 0.900. The fourth-order valence-electron chi connectivity index (χ4n) is 1.89. The predicted octanol–water partition coefficient (Wildman–Crippen LogP) is 1.08. The van der Waals surface area contributed by atoms with E-state index < -0.39 is 0 Å². The molecule has 0 saturated carbocycles. The average Bonchev–Trinajstić information content (AvgIpc) is 2.41. The van der Waals surface area contributed by atoms with Crippen molar-refractivity contribution in [1.29, 1.82) is 0 Å². The summed E-state index contributed by atoms with van der Waals surface area (Å²) in [6.45, 7) is 3.93. The summed E-state index contributed by atoms with van der Waals surface area (Å²) in [4.78, 5) is 13.2. The highest BCUT2D eigenvalue weighted by atomic mass is 32.2. The van der Waals surface area contributed by atoms with Crippen molar-refractivity contribution < 1.29 is 4.79 Å². The molecule has 2 atom stereocenters. The van der Waals surface area contributed by atoms with E-state index in [9.17, 15) is 4.79 Å². The minimum Gasteiger partial charge on any atom is -0.368 e. The minimum atomic E-state index is -0.201. The molecule has 1 heterocycles. The standard InChI is InChI=1S/C10H20N2OS/c1-8(10(11)13)12-6-3-4-9(14-2)5-7-12/h8-9H,3-7H2,1-2H3,(H2,11,13). The smallest absolute Gasteiger partial charge is 0.234 e. The summed E-state index contributed by atoms with van der Waals surface area (Å²) in [6, 6.07) is -0.101. The number of rotatable bonds is 3. The second kappa shape index (κ2) is 5.61. The fourth-order valence-corrected chi connectivity index (χ4v) is 2.63. The molecular weight excluding hydrogens is 196 g/mol. The second-order valence-electron chi connectivity index (χ2n) is 3.90. The number of hydrogen-bond donors (Lipinski definition) is 1. The summed E-state index contributed by atoms with van der Waals surface area (Å²) in [5.41, 5.74) is 5.30. The third-order valence-electron chi connectivity index (χ3n) is 3.00. The summed E-state index contributed by atoms with van der Waals surface area (Å²) < 4.78 is 0. The van der Waals surface area contributed by atoms with Gasteiger partial charge in [-0.1, -0.05) is 0 Å². The molecule has 1 saturated heterocycles. The van der Waals surface area contributed by atoms with Gasteiger partial charge in [-0.3, -0.25) is 9.69 Å². The van der Waals surface area contributed by atoms with E-state index in [4.69, 9.17) is 5.73 Å². The molecule has 1 aliphatic rings. The second-order valence-corrected chi connectivity index (χ2v) is 5.04. The maximum atomic E-state index is 11.0. The van der Waals surface area contributed by atoms with Crippen LogP contribution in [-0.2, 0) is 4.79 Å². The zero-order chi connectivity index (χ0) is 10.6. The van der Waals surface area contributed by atoms with Crippen molar-refractivity contribution in [2.24, 2.45) is 5.73 Å². The molecule has 0 aliphatic carbocycles. The Hall–Kier alpha value is -0.220. The van der Waals surface area contributed by atoms with Crippen LogP contribution in [-0.4, -0.2) is 41.4 Å². The molecule has 1 amide bonds. The molecule has 0 aromatic heterocycles. The molecule has 1 fully saturated rings. The van der Waals surface area contributed by atoms with Crippen molar-refractivity contribution >= 4 is 17.7 Å². The van der Waals surface area contributed by atoms with Crippen LogP contribution in [0, 0.1) is 0 Å². The van der Waals surface area contributed by atoms with Gasteiger partial charge in [0.15, 0.2) is 0 Å². The monoisotopic (exact) mass is 216 g/mol. The van der Waals surface area contributed by atoms with Gasteiger partial charge in [-0.15, -0.1) is 0 Å². The Labute approximate surface area is 90.4 Å². The molecule has 1 aliphatic heterocycles. The number of nitrogens with zero attached hydrogens (tertiary/aromatic N) is 1. The third kappa shape index (κ3) is 3.17. The molecule has 4 heteroatoms. The van der Waals surface area contributed by atoms with E-state index in [-0.39, 0.29) is 11.9 Å². The normalized spacial score (nSPS) is 26.9. The summed E-state index contributed by atoms with van der Waals surface area (Å²) in [7, 11) is 0. The molecule has 1 rings (SSSR count). The number of likely N-dealkylation sites (tertiary alicyclic amines) is 1. The van der Waals surface area contributed by atoms with Gasteiger partial charge in [-0.25, -0.2) is 0 Å². The first kappa shape index (κ1) is 11.9. The number of nitrogens with two attached hydrogens (primary N) is 1. The lowest BCUT2D eigenvalue weighted by Crippen LogP contribution is -2.43. The van der Waals surface area contributed by atoms with Crippen LogP contribution in [0.3, 0.4) is 0 Å². The van der Waals surface area contributed by atoms with Crippen LogP contribution in [0.1, 0.15) is 26.2 Å². The molecule has 82 valence electrons. The largest absolute Gasteiger partial charge is 0.368 e. The van der Waals surface area contributed by atoms with Crippen LogP contribution in [0.4, 0.5) is 0 Å². The molecule has 0 bridgehead atoms. The van der Waals surface area contributed by atoms with Crippen molar-refractivity contribution in [1.82, 2.24) is 4.90 Å². The summed E-state index contributed by atoms with van der Waals surface area (Å²) >= 11 is 1.94. The first-order valence-electron chi connectivity index (χ1n) is 5.21. The Kier molecular flexibility index (Phi) is 4.75. The van der Waals surface area contributed by atoms with Gasteiger partial charge >= 0.3 is 0 Å². The molecule has 0 aromatic rings. The van der Waals surface area contributed by atoms with Gasteiger partial charge in [0.25, 0.3) is 0 Å². The third-order valence-corrected chi connectivity index (χ3v) is 4.14. The van der Waals surface area contributed by atoms with Crippen molar-refractivity contribution in [3.63, 3.8) is 0 Å². The van der Waals surface area contributed by atoms with Crippen molar-refractivity contribution in [3.05, 3.63) is 0 Å². The highest BCUT2D eigenvalue weighted by Gasteiger charge is 2.22. The van der Waals surface area contributed by atoms with E-state index in [1.165, 1.54) is 19.3 Å². The number of primary amides is 1. The zero-order valence-electron chi connectivity index (χ0n) is 9.03. The number of carbonyl (C=O) groups is 1. The lowest BCUT2D eigenvalue weighted by molar-refractivity contribution is -0.122. The topological polar surface area (TPSA) is 46.3 Å². The van der Waals surface area contributed by atoms with Crippen molar-refractivity contribution in [2.75, 3.05) is 19.3 Å². The Balaban J connectivity index is 2.45. The number of carbonyl (C=O) groups excluding carboxylic acids is 1. The Morgan fingerprint density at radius 3 is 2.79 bits per heavy atom. The Bertz CT molecular complexity index is 199. The van der Waals surface area contributed by atoms with Crippen LogP contribution in [0.25, 0.3) is 0 Å². The number of thioether (sulfide) groups is 1. The zero-order valence-corrected chi connectivity index (χ0v) is 9.85. The van der Waals surface area contributed by atoms with Crippen LogP contribution in [0.15, 0.2) is 0 Å². The van der Waals surface area contributed by atoms with Crippen LogP contribution in [0.5, 0.6) is 0 Å². The van der Waals surface area contributed by atoms with Gasteiger partial charge in [0.05, 0.1) is 6.04 Å². The van der Waals surface area contributed by atoms with E-state index in [0.717, 1.165) is 18.3 Å². The number of hydrogen-bond acceptors (Lipinski definition) is 3. The highest BCUT2D eigenvalue weighted by Crippen LogP contribution is 2.21. The van der Waals surface area contributed by atoms with Gasteiger partial charge in [0, 0.05) is 5.25 Å². The number of amides is 1. The van der Waals surface area contributed by atoms with Gasteiger partial charge in [0.1, 0.15) is 0 Å². The molecule has 14 heavy (non-hydrogen) atoms. The van der Waals surface area contributed by atoms with E-state index in [0.29, 0.717) is 0 Å². The van der Waals surface area contributed by atoms with Crippen LogP contribution in [0.2, 0.25) is 0 Å².